The van der Waals surface area contributed by atoms with E-state index in [0.717, 1.165) is 12.1 Å². The van der Waals surface area contributed by atoms with Crippen molar-refractivity contribution in [3.8, 4) is 0 Å². The molecule has 0 saturated heterocycles. The highest BCUT2D eigenvalue weighted by Crippen LogP contribution is 2.24. The van der Waals surface area contributed by atoms with Gasteiger partial charge in [-0.05, 0) is 42.8 Å². The van der Waals surface area contributed by atoms with Crippen LogP contribution in [0.1, 0.15) is 42.7 Å². The van der Waals surface area contributed by atoms with Gasteiger partial charge in [0.2, 0.25) is 10.0 Å². The third kappa shape index (κ3) is 4.39. The first-order valence-corrected chi connectivity index (χ1v) is 10.4. The Kier molecular flexibility index (Phi) is 6.90. The van der Waals surface area contributed by atoms with Crippen molar-refractivity contribution < 1.29 is 22.0 Å². The molecule has 2 rings (SSSR count). The number of amides is 1. The van der Waals surface area contributed by atoms with E-state index in [1.165, 1.54) is 46.6 Å². The summed E-state index contributed by atoms with van der Waals surface area (Å²) >= 11 is 0. The van der Waals surface area contributed by atoms with Crippen LogP contribution in [0.25, 0.3) is 0 Å². The van der Waals surface area contributed by atoms with Gasteiger partial charge in [0.1, 0.15) is 0 Å². The minimum atomic E-state index is -3.69. The fraction of sp³-hybridized carbons (Fsp3) is 0.350. The maximum Gasteiger partial charge on any atom is 0.254 e. The molecule has 152 valence electrons. The molecule has 0 aliphatic carbocycles. The number of hydrogen-bond acceptors (Lipinski definition) is 3. The fourth-order valence-corrected chi connectivity index (χ4v) is 4.38. The fourth-order valence-electron chi connectivity index (χ4n) is 2.88. The molecular weight excluding hydrogens is 386 g/mol. The van der Waals surface area contributed by atoms with Gasteiger partial charge >= 0.3 is 0 Å². The van der Waals surface area contributed by atoms with Crippen LogP contribution in [0.3, 0.4) is 0 Å². The molecule has 1 atom stereocenters. The van der Waals surface area contributed by atoms with Crippen LogP contribution in [0.15, 0.2) is 47.4 Å². The predicted octanol–water partition coefficient (Wildman–Crippen LogP) is 3.83. The minimum Gasteiger partial charge on any atom is -0.335 e. The van der Waals surface area contributed by atoms with Gasteiger partial charge in [-0.25, -0.2) is 17.2 Å². The highest BCUT2D eigenvalue weighted by atomic mass is 32.2. The lowest BCUT2D eigenvalue weighted by atomic mass is 10.1. The normalized spacial score (nSPS) is 12.8. The van der Waals surface area contributed by atoms with Crippen LogP contribution in [0.4, 0.5) is 8.78 Å². The maximum absolute atomic E-state index is 13.5. The number of carbonyl (C=O) groups excluding carboxylic acids is 1. The number of halogens is 2. The summed E-state index contributed by atoms with van der Waals surface area (Å²) in [6.45, 7) is 5.82. The average Bonchev–Trinajstić information content (AvgIpc) is 2.69. The minimum absolute atomic E-state index is 0.0379. The molecule has 0 spiro atoms. The molecule has 0 N–H and O–H groups in total. The van der Waals surface area contributed by atoms with Crippen molar-refractivity contribution >= 4 is 15.9 Å². The number of benzene rings is 2. The van der Waals surface area contributed by atoms with E-state index in [-0.39, 0.29) is 10.5 Å². The van der Waals surface area contributed by atoms with Crippen molar-refractivity contribution in [2.75, 3.05) is 20.1 Å². The molecule has 0 fully saturated rings. The zero-order valence-electron chi connectivity index (χ0n) is 16.3. The van der Waals surface area contributed by atoms with E-state index in [2.05, 4.69) is 0 Å². The first-order chi connectivity index (χ1) is 13.1. The summed E-state index contributed by atoms with van der Waals surface area (Å²) in [6, 6.07) is 8.76. The van der Waals surface area contributed by atoms with Crippen LogP contribution in [-0.2, 0) is 10.0 Å². The van der Waals surface area contributed by atoms with Gasteiger partial charge in [-0.15, -0.1) is 0 Å². The Morgan fingerprint density at radius 1 is 1.04 bits per heavy atom. The maximum atomic E-state index is 13.5. The second kappa shape index (κ2) is 8.79. The first-order valence-electron chi connectivity index (χ1n) is 8.95. The number of nitrogens with zero attached hydrogens (tertiary/aromatic N) is 2. The number of rotatable bonds is 7. The summed E-state index contributed by atoms with van der Waals surface area (Å²) in [4.78, 5) is 14.2. The Hall–Kier alpha value is -2.32. The summed E-state index contributed by atoms with van der Waals surface area (Å²) in [7, 11) is -2.17. The standard InChI is InChI=1S/C20H24F2N2O3S/c1-5-24(6-2)28(26,27)17-9-7-8-16(12-17)20(25)23(4)14(3)15-10-11-18(21)19(22)13-15/h7-14H,5-6H2,1-4H3. The van der Waals surface area contributed by atoms with Crippen molar-refractivity contribution in [3.05, 3.63) is 65.2 Å². The van der Waals surface area contributed by atoms with Crippen LogP contribution >= 0.6 is 0 Å². The number of carbonyl (C=O) groups is 1. The molecule has 0 saturated carbocycles. The second-order valence-electron chi connectivity index (χ2n) is 6.38. The van der Waals surface area contributed by atoms with Gasteiger partial charge in [0.15, 0.2) is 11.6 Å². The molecule has 2 aromatic rings. The van der Waals surface area contributed by atoms with Gasteiger partial charge in [0.25, 0.3) is 5.91 Å². The number of hydrogen-bond donors (Lipinski definition) is 0. The second-order valence-corrected chi connectivity index (χ2v) is 8.32. The molecule has 28 heavy (non-hydrogen) atoms. The lowest BCUT2D eigenvalue weighted by Gasteiger charge is -2.26. The molecule has 0 heterocycles. The molecule has 1 amide bonds. The van der Waals surface area contributed by atoms with Crippen molar-refractivity contribution in [3.63, 3.8) is 0 Å². The van der Waals surface area contributed by atoms with Crippen LogP contribution in [0.5, 0.6) is 0 Å². The van der Waals surface area contributed by atoms with Gasteiger partial charge in [0.05, 0.1) is 10.9 Å². The summed E-state index contributed by atoms with van der Waals surface area (Å²) in [5, 5.41) is 0. The Bertz CT molecular complexity index is 960. The van der Waals surface area contributed by atoms with Crippen molar-refractivity contribution in [2.45, 2.75) is 31.7 Å². The molecule has 5 nitrogen and oxygen atoms in total. The van der Waals surface area contributed by atoms with Crippen LogP contribution in [0.2, 0.25) is 0 Å². The van der Waals surface area contributed by atoms with E-state index < -0.39 is 33.6 Å². The SMILES string of the molecule is CCN(CC)S(=O)(=O)c1cccc(C(=O)N(C)C(C)c2ccc(F)c(F)c2)c1. The Labute approximate surface area is 164 Å². The highest BCUT2D eigenvalue weighted by Gasteiger charge is 2.25. The van der Waals surface area contributed by atoms with Gasteiger partial charge < -0.3 is 4.90 Å². The summed E-state index contributed by atoms with van der Waals surface area (Å²) in [6.07, 6.45) is 0. The largest absolute Gasteiger partial charge is 0.335 e. The van der Waals surface area contributed by atoms with E-state index in [4.69, 9.17) is 0 Å². The molecule has 1 unspecified atom stereocenters. The summed E-state index contributed by atoms with van der Waals surface area (Å²) < 4.78 is 53.3. The highest BCUT2D eigenvalue weighted by molar-refractivity contribution is 7.89. The van der Waals surface area contributed by atoms with Crippen molar-refractivity contribution in [1.82, 2.24) is 9.21 Å². The monoisotopic (exact) mass is 410 g/mol. The van der Waals surface area contributed by atoms with Crippen molar-refractivity contribution in [2.24, 2.45) is 0 Å². The Morgan fingerprint density at radius 2 is 1.68 bits per heavy atom. The van der Waals surface area contributed by atoms with E-state index in [0.29, 0.717) is 18.7 Å². The summed E-state index contributed by atoms with van der Waals surface area (Å²) in [5.41, 5.74) is 0.631. The van der Waals surface area contributed by atoms with Crippen LogP contribution in [0, 0.1) is 11.6 Å². The van der Waals surface area contributed by atoms with E-state index in [9.17, 15) is 22.0 Å². The van der Waals surface area contributed by atoms with Crippen LogP contribution < -0.4 is 0 Å². The molecule has 2 aromatic carbocycles. The Morgan fingerprint density at radius 3 is 2.25 bits per heavy atom. The molecule has 0 aliphatic rings. The molecule has 0 bridgehead atoms. The van der Waals surface area contributed by atoms with E-state index >= 15 is 0 Å². The predicted molar refractivity (Wildman–Crippen MR) is 103 cm³/mol. The summed E-state index contributed by atoms with van der Waals surface area (Å²) in [5.74, 6) is -2.37. The quantitative estimate of drug-likeness (QED) is 0.697. The Balaban J connectivity index is 2.32. The lowest BCUT2D eigenvalue weighted by Crippen LogP contribution is -2.32. The van der Waals surface area contributed by atoms with Crippen molar-refractivity contribution in [1.29, 1.82) is 0 Å². The zero-order chi connectivity index (χ0) is 21.1. The van der Waals surface area contributed by atoms with Gasteiger partial charge in [-0.3, -0.25) is 4.79 Å². The molecular formula is C20H24F2N2O3S. The van der Waals surface area contributed by atoms with Gasteiger partial charge in [-0.2, -0.15) is 4.31 Å². The molecule has 0 aromatic heterocycles. The van der Waals surface area contributed by atoms with Gasteiger partial charge in [0, 0.05) is 25.7 Å². The van der Waals surface area contributed by atoms with Gasteiger partial charge in [-0.1, -0.05) is 26.0 Å². The molecule has 0 aliphatic heterocycles. The zero-order valence-corrected chi connectivity index (χ0v) is 17.1. The third-order valence-electron chi connectivity index (χ3n) is 4.75. The topological polar surface area (TPSA) is 57.7 Å². The van der Waals surface area contributed by atoms with E-state index in [1.807, 2.05) is 0 Å². The van der Waals surface area contributed by atoms with Crippen LogP contribution in [-0.4, -0.2) is 43.7 Å². The number of sulfonamides is 1. The first kappa shape index (κ1) is 22.0. The third-order valence-corrected chi connectivity index (χ3v) is 6.80. The molecule has 0 radical (unpaired) electrons. The molecule has 8 heteroatoms. The van der Waals surface area contributed by atoms with E-state index in [1.54, 1.807) is 20.8 Å². The lowest BCUT2D eigenvalue weighted by molar-refractivity contribution is 0.0742. The average molecular weight is 410 g/mol. The smallest absolute Gasteiger partial charge is 0.254 e.